The molecule has 0 spiro atoms. The Labute approximate surface area is 161 Å². The fraction of sp³-hybridized carbons (Fsp3) is 0.136. The zero-order valence-corrected chi connectivity index (χ0v) is 15.4. The molecule has 1 aromatic heterocycles. The van der Waals surface area contributed by atoms with Crippen molar-refractivity contribution in [3.8, 4) is 0 Å². The molecule has 0 unspecified atom stereocenters. The minimum absolute atomic E-state index is 0.0284. The van der Waals surface area contributed by atoms with Crippen LogP contribution in [0, 0.1) is 13.8 Å². The van der Waals surface area contributed by atoms with Gasteiger partial charge >= 0.3 is 5.91 Å². The number of aryl methyl sites for hydroxylation is 2. The average molecular weight is 374 g/mol. The van der Waals surface area contributed by atoms with E-state index in [1.807, 2.05) is 37.3 Å². The van der Waals surface area contributed by atoms with Crippen molar-refractivity contribution in [2.75, 3.05) is 4.90 Å². The van der Waals surface area contributed by atoms with Gasteiger partial charge < -0.3 is 9.63 Å². The summed E-state index contributed by atoms with van der Waals surface area (Å²) in [7, 11) is 0. The number of nitrogens with zero attached hydrogens (tertiary/aromatic N) is 2. The number of ketones is 1. The van der Waals surface area contributed by atoms with Gasteiger partial charge in [-0.2, -0.15) is 0 Å². The largest absolute Gasteiger partial charge is 0.507 e. The molecule has 28 heavy (non-hydrogen) atoms. The average Bonchev–Trinajstić information content (AvgIpc) is 3.24. The molecule has 1 aliphatic heterocycles. The lowest BCUT2D eigenvalue weighted by Gasteiger charge is -2.22. The van der Waals surface area contributed by atoms with Gasteiger partial charge in [-0.25, -0.2) is 0 Å². The van der Waals surface area contributed by atoms with Crippen LogP contribution in [0.3, 0.4) is 0 Å². The highest BCUT2D eigenvalue weighted by Crippen LogP contribution is 2.41. The zero-order valence-electron chi connectivity index (χ0n) is 15.4. The van der Waals surface area contributed by atoms with Crippen molar-refractivity contribution in [3.63, 3.8) is 0 Å². The van der Waals surface area contributed by atoms with Gasteiger partial charge in [0.25, 0.3) is 5.78 Å². The van der Waals surface area contributed by atoms with Crippen LogP contribution < -0.4 is 4.90 Å². The van der Waals surface area contributed by atoms with Gasteiger partial charge in [0.15, 0.2) is 5.82 Å². The monoisotopic (exact) mass is 374 g/mol. The summed E-state index contributed by atoms with van der Waals surface area (Å²) in [5, 5.41) is 14.8. The molecule has 4 rings (SSSR count). The molecule has 1 N–H and O–H groups in total. The first-order valence-electron chi connectivity index (χ1n) is 8.83. The van der Waals surface area contributed by atoms with E-state index in [4.69, 9.17) is 4.52 Å². The van der Waals surface area contributed by atoms with E-state index < -0.39 is 17.7 Å². The van der Waals surface area contributed by atoms with E-state index in [9.17, 15) is 14.7 Å². The Bertz CT molecular complexity index is 1080. The van der Waals surface area contributed by atoms with Gasteiger partial charge in [-0.05, 0) is 19.4 Å². The van der Waals surface area contributed by atoms with E-state index in [2.05, 4.69) is 5.16 Å². The Morgan fingerprint density at radius 2 is 1.71 bits per heavy atom. The number of aromatic nitrogens is 1. The maximum Gasteiger partial charge on any atom is 0.301 e. The topological polar surface area (TPSA) is 83.6 Å². The van der Waals surface area contributed by atoms with Gasteiger partial charge in [-0.1, -0.05) is 65.3 Å². The number of aliphatic hydroxyl groups excluding tert-OH is 1. The maximum absolute atomic E-state index is 12.9. The third-order valence-corrected chi connectivity index (χ3v) is 4.75. The summed E-state index contributed by atoms with van der Waals surface area (Å²) in [6.45, 7) is 3.64. The molecule has 1 amide bonds. The first-order valence-corrected chi connectivity index (χ1v) is 8.83. The molecule has 0 radical (unpaired) electrons. The molecule has 6 heteroatoms. The summed E-state index contributed by atoms with van der Waals surface area (Å²) in [5.41, 5.74) is 2.22. The molecular weight excluding hydrogens is 356 g/mol. The molecular formula is C22H18N2O4. The van der Waals surface area contributed by atoms with Crippen molar-refractivity contribution >= 4 is 23.3 Å². The highest BCUT2D eigenvalue weighted by molar-refractivity contribution is 6.51. The lowest BCUT2D eigenvalue weighted by atomic mass is 9.95. The quantitative estimate of drug-likeness (QED) is 0.427. The summed E-state index contributed by atoms with van der Waals surface area (Å²) < 4.78 is 5.10. The molecule has 2 aromatic carbocycles. The molecule has 0 bridgehead atoms. The second-order valence-electron chi connectivity index (χ2n) is 6.74. The molecule has 140 valence electrons. The molecule has 3 aromatic rings. The molecule has 1 fully saturated rings. The van der Waals surface area contributed by atoms with Crippen LogP contribution in [0.5, 0.6) is 0 Å². The number of amides is 1. The number of hydrogen-bond acceptors (Lipinski definition) is 5. The van der Waals surface area contributed by atoms with Crippen LogP contribution in [-0.4, -0.2) is 22.0 Å². The summed E-state index contributed by atoms with van der Waals surface area (Å²) in [5.74, 6) is -0.975. The third kappa shape index (κ3) is 2.89. The van der Waals surface area contributed by atoms with Crippen molar-refractivity contribution in [2.24, 2.45) is 0 Å². The highest BCUT2D eigenvalue weighted by Gasteiger charge is 2.48. The summed E-state index contributed by atoms with van der Waals surface area (Å²) >= 11 is 0. The molecule has 6 nitrogen and oxygen atoms in total. The second kappa shape index (κ2) is 6.81. The van der Waals surface area contributed by atoms with Crippen LogP contribution >= 0.6 is 0 Å². The number of hydrogen-bond donors (Lipinski definition) is 1. The normalized spacial score (nSPS) is 18.6. The van der Waals surface area contributed by atoms with Crippen LogP contribution in [-0.2, 0) is 9.59 Å². The Balaban J connectivity index is 1.93. The number of carbonyl (C=O) groups is 2. The van der Waals surface area contributed by atoms with Crippen molar-refractivity contribution in [3.05, 3.63) is 88.7 Å². The first-order chi connectivity index (χ1) is 13.5. The molecule has 0 saturated carbocycles. The fourth-order valence-corrected chi connectivity index (χ4v) is 3.35. The Kier molecular flexibility index (Phi) is 4.31. The van der Waals surface area contributed by atoms with Crippen molar-refractivity contribution in [2.45, 2.75) is 19.9 Å². The van der Waals surface area contributed by atoms with Crippen LogP contribution in [0.1, 0.15) is 28.5 Å². The smallest absolute Gasteiger partial charge is 0.301 e. The van der Waals surface area contributed by atoms with Gasteiger partial charge in [-0.15, -0.1) is 0 Å². The van der Waals surface area contributed by atoms with E-state index in [1.54, 1.807) is 37.3 Å². The Hall–Kier alpha value is -3.67. The van der Waals surface area contributed by atoms with Crippen LogP contribution in [0.4, 0.5) is 5.82 Å². The minimum atomic E-state index is -0.799. The van der Waals surface area contributed by atoms with E-state index >= 15 is 0 Å². The number of aliphatic hydroxyl groups is 1. The number of benzene rings is 2. The first kappa shape index (κ1) is 17.7. The lowest BCUT2D eigenvalue weighted by molar-refractivity contribution is -0.132. The number of anilines is 1. The van der Waals surface area contributed by atoms with E-state index in [-0.39, 0.29) is 17.2 Å². The van der Waals surface area contributed by atoms with Crippen LogP contribution in [0.2, 0.25) is 0 Å². The lowest BCUT2D eigenvalue weighted by Crippen LogP contribution is -2.29. The molecule has 0 aliphatic carbocycles. The van der Waals surface area contributed by atoms with Crippen LogP contribution in [0.25, 0.3) is 5.76 Å². The predicted molar refractivity (Wildman–Crippen MR) is 104 cm³/mol. The van der Waals surface area contributed by atoms with Crippen molar-refractivity contribution in [1.82, 2.24) is 5.16 Å². The predicted octanol–water partition coefficient (Wildman–Crippen LogP) is 3.92. The number of carbonyl (C=O) groups excluding carboxylic acids is 2. The van der Waals surface area contributed by atoms with Gasteiger partial charge in [-0.3, -0.25) is 14.5 Å². The molecule has 1 aliphatic rings. The van der Waals surface area contributed by atoms with Crippen molar-refractivity contribution < 1.29 is 19.2 Å². The zero-order chi connectivity index (χ0) is 19.8. The minimum Gasteiger partial charge on any atom is -0.507 e. The summed E-state index contributed by atoms with van der Waals surface area (Å²) in [6.07, 6.45) is 0. The van der Waals surface area contributed by atoms with Crippen molar-refractivity contribution in [1.29, 1.82) is 0 Å². The number of Topliss-reactive ketones (excluding diaryl/α,β-unsaturated/α-hetero) is 1. The molecule has 1 saturated heterocycles. The molecule has 2 heterocycles. The van der Waals surface area contributed by atoms with E-state index in [1.165, 1.54) is 4.90 Å². The van der Waals surface area contributed by atoms with E-state index in [0.29, 0.717) is 16.9 Å². The van der Waals surface area contributed by atoms with Gasteiger partial charge in [0, 0.05) is 11.6 Å². The van der Waals surface area contributed by atoms with Crippen LogP contribution in [0.15, 0.2) is 70.8 Å². The molecule has 1 atom stereocenters. The van der Waals surface area contributed by atoms with Gasteiger partial charge in [0.05, 0.1) is 11.6 Å². The number of rotatable bonds is 3. The SMILES string of the molecule is Cc1ccc(/C(O)=C2\C(=O)C(=O)N(c3cc(C)on3)[C@@H]2c2ccccc2)cc1. The highest BCUT2D eigenvalue weighted by atomic mass is 16.5. The Morgan fingerprint density at radius 3 is 2.32 bits per heavy atom. The maximum atomic E-state index is 12.9. The standard InChI is InChI=1S/C22H18N2O4/c1-13-8-10-16(11-9-13)20(25)18-19(15-6-4-3-5-7-15)24(22(27)21(18)26)17-12-14(2)28-23-17/h3-12,19,25H,1-2H3/b20-18+/t19-/m1/s1. The van der Waals surface area contributed by atoms with Gasteiger partial charge in [0.1, 0.15) is 11.5 Å². The Morgan fingerprint density at radius 1 is 1.04 bits per heavy atom. The third-order valence-electron chi connectivity index (χ3n) is 4.75. The summed E-state index contributed by atoms with van der Waals surface area (Å²) in [6, 6.07) is 17.0. The summed E-state index contributed by atoms with van der Waals surface area (Å²) in [4.78, 5) is 27.0. The fourth-order valence-electron chi connectivity index (χ4n) is 3.35. The van der Waals surface area contributed by atoms with E-state index in [0.717, 1.165) is 5.56 Å². The van der Waals surface area contributed by atoms with Gasteiger partial charge in [0.2, 0.25) is 0 Å². The second-order valence-corrected chi connectivity index (χ2v) is 6.74.